The molecule has 1 heterocycles. The second-order valence-electron chi connectivity index (χ2n) is 8.15. The van der Waals surface area contributed by atoms with Gasteiger partial charge in [-0.1, -0.05) is 37.9 Å². The van der Waals surface area contributed by atoms with Crippen molar-refractivity contribution in [1.82, 2.24) is 14.9 Å². The number of carbonyl (C=O) groups excluding carboxylic acids is 2. The van der Waals surface area contributed by atoms with E-state index in [2.05, 4.69) is 14.5 Å². The molecule has 0 spiro atoms. The second-order valence-corrected chi connectivity index (χ2v) is 10.5. The van der Waals surface area contributed by atoms with Gasteiger partial charge in [0.2, 0.25) is 6.41 Å². The number of aryl methyl sites for hydroxylation is 1. The number of hydrogen-bond acceptors (Lipinski definition) is 8. The lowest BCUT2D eigenvalue weighted by atomic mass is 9.77. The quantitative estimate of drug-likeness (QED) is 0.331. The van der Waals surface area contributed by atoms with Crippen LogP contribution in [0, 0.1) is 12.3 Å². The molecule has 1 aliphatic rings. The third kappa shape index (κ3) is 7.67. The molecule has 2 rings (SSSR count). The van der Waals surface area contributed by atoms with Crippen LogP contribution < -0.4 is 5.73 Å². The summed E-state index contributed by atoms with van der Waals surface area (Å²) >= 11 is 1.01. The van der Waals surface area contributed by atoms with Crippen molar-refractivity contribution in [3.05, 3.63) is 28.2 Å². The maximum atomic E-state index is 13.1. The first-order chi connectivity index (χ1) is 14.9. The third-order valence-electron chi connectivity index (χ3n) is 5.58. The van der Waals surface area contributed by atoms with Gasteiger partial charge in [-0.15, -0.1) is 0 Å². The van der Waals surface area contributed by atoms with Crippen LogP contribution >= 0.6 is 19.6 Å². The number of phosphoric ester groups is 1. The predicted octanol–water partition coefficient (Wildman–Crippen LogP) is 3.29. The Morgan fingerprint density at radius 2 is 2.03 bits per heavy atom. The van der Waals surface area contributed by atoms with E-state index in [-0.39, 0.29) is 30.5 Å². The largest absolute Gasteiger partial charge is 0.469 e. The van der Waals surface area contributed by atoms with E-state index in [9.17, 15) is 14.2 Å². The van der Waals surface area contributed by atoms with E-state index in [1.165, 1.54) is 4.90 Å². The highest BCUT2D eigenvalue weighted by atomic mass is 32.2. The number of aromatic nitrogens is 2. The fraction of sp³-hybridized carbons (Fsp3) is 0.600. The van der Waals surface area contributed by atoms with Gasteiger partial charge in [-0.25, -0.2) is 14.5 Å². The van der Waals surface area contributed by atoms with E-state index >= 15 is 0 Å². The van der Waals surface area contributed by atoms with Gasteiger partial charge in [-0.05, 0) is 26.7 Å². The zero-order valence-electron chi connectivity index (χ0n) is 18.6. The molecule has 1 aromatic rings. The molecule has 12 heteroatoms. The van der Waals surface area contributed by atoms with Crippen molar-refractivity contribution in [3.63, 3.8) is 0 Å². The Morgan fingerprint density at radius 3 is 2.59 bits per heavy atom. The van der Waals surface area contributed by atoms with E-state index in [1.807, 2.05) is 6.92 Å². The number of rotatable bonds is 10. The van der Waals surface area contributed by atoms with E-state index in [0.717, 1.165) is 43.9 Å². The van der Waals surface area contributed by atoms with Crippen LogP contribution in [0.4, 0.5) is 5.82 Å². The van der Waals surface area contributed by atoms with Crippen LogP contribution in [0.2, 0.25) is 0 Å². The lowest BCUT2D eigenvalue weighted by Crippen LogP contribution is -2.29. The molecule has 1 aliphatic carbocycles. The van der Waals surface area contributed by atoms with E-state index in [1.54, 1.807) is 20.0 Å². The summed E-state index contributed by atoms with van der Waals surface area (Å²) in [6.45, 7) is 5.13. The standard InChI is InChI=1S/C20H31N4O6PS/c1-14(24(13-25)12-16-11-22-15(2)23-18(16)21)17(7-10-30-31(27,28)29)32-19(26)20(3)8-5-4-6-9-20/h11,13H,4-10,12H2,1-3H3,(H2,21,22,23)(H2,27,28,29). The average Bonchev–Trinajstić information content (AvgIpc) is 2.71. The summed E-state index contributed by atoms with van der Waals surface area (Å²) in [6.07, 6.45) is 6.87. The Balaban J connectivity index is 2.29. The van der Waals surface area contributed by atoms with Crippen LogP contribution in [0.3, 0.4) is 0 Å². The van der Waals surface area contributed by atoms with Gasteiger partial charge in [0.05, 0.1) is 13.2 Å². The normalized spacial score (nSPS) is 16.9. The van der Waals surface area contributed by atoms with Gasteiger partial charge < -0.3 is 20.4 Å². The zero-order chi connectivity index (χ0) is 23.9. The van der Waals surface area contributed by atoms with Crippen LogP contribution in [0.1, 0.15) is 63.8 Å². The van der Waals surface area contributed by atoms with Crippen LogP contribution in [-0.2, 0) is 25.2 Å². The molecule has 0 bridgehead atoms. The molecule has 10 nitrogen and oxygen atoms in total. The third-order valence-corrected chi connectivity index (χ3v) is 7.52. The lowest BCUT2D eigenvalue weighted by Gasteiger charge is -2.32. The fourth-order valence-corrected chi connectivity index (χ4v) is 5.00. The number of allylic oxidation sites excluding steroid dienone is 1. The molecule has 1 aromatic heterocycles. The highest BCUT2D eigenvalue weighted by Crippen LogP contribution is 2.43. The molecule has 0 unspecified atom stereocenters. The lowest BCUT2D eigenvalue weighted by molar-refractivity contribution is -0.120. The number of carbonyl (C=O) groups is 2. The first kappa shape index (κ1) is 26.5. The highest BCUT2D eigenvalue weighted by molar-refractivity contribution is 8.17. The molecule has 1 saturated carbocycles. The molecule has 0 aromatic carbocycles. The number of phosphoric acid groups is 1. The Hall–Kier alpha value is -1.78. The SMILES string of the molecule is CC(=C(CCOP(=O)(O)O)SC(=O)C1(C)CCCCC1)N(C=O)Cc1cnc(C)nc1N. The fourth-order valence-electron chi connectivity index (χ4n) is 3.55. The number of amides is 1. The van der Waals surface area contributed by atoms with E-state index < -0.39 is 13.2 Å². The number of nitrogens with zero attached hydrogens (tertiary/aromatic N) is 3. The van der Waals surface area contributed by atoms with Gasteiger partial charge in [-0.3, -0.25) is 14.1 Å². The minimum Gasteiger partial charge on any atom is -0.383 e. The summed E-state index contributed by atoms with van der Waals surface area (Å²) in [7, 11) is -4.66. The molecule has 0 aliphatic heterocycles. The van der Waals surface area contributed by atoms with Crippen molar-refractivity contribution >= 4 is 36.9 Å². The van der Waals surface area contributed by atoms with Crippen LogP contribution in [0.15, 0.2) is 16.8 Å². The van der Waals surface area contributed by atoms with Crippen molar-refractivity contribution in [2.24, 2.45) is 5.41 Å². The van der Waals surface area contributed by atoms with E-state index in [4.69, 9.17) is 15.5 Å². The summed E-state index contributed by atoms with van der Waals surface area (Å²) in [5.74, 6) is 0.760. The topological polar surface area (TPSA) is 156 Å². The molecule has 32 heavy (non-hydrogen) atoms. The van der Waals surface area contributed by atoms with Crippen molar-refractivity contribution in [1.29, 1.82) is 0 Å². The number of nitrogen functional groups attached to an aromatic ring is 1. The molecular formula is C20H31N4O6PS. The van der Waals surface area contributed by atoms with Crippen molar-refractivity contribution in [2.75, 3.05) is 12.3 Å². The van der Waals surface area contributed by atoms with Gasteiger partial charge in [0.25, 0.3) is 0 Å². The molecular weight excluding hydrogens is 455 g/mol. The molecule has 0 atom stereocenters. The first-order valence-electron chi connectivity index (χ1n) is 10.4. The molecule has 178 valence electrons. The van der Waals surface area contributed by atoms with Crippen LogP contribution in [0.25, 0.3) is 0 Å². The summed E-state index contributed by atoms with van der Waals surface area (Å²) in [4.78, 5) is 53.1. The maximum absolute atomic E-state index is 13.1. The van der Waals surface area contributed by atoms with Crippen molar-refractivity contribution in [3.8, 4) is 0 Å². The predicted molar refractivity (Wildman–Crippen MR) is 122 cm³/mol. The number of thioether (sulfide) groups is 1. The monoisotopic (exact) mass is 486 g/mol. The second kappa shape index (κ2) is 11.4. The molecule has 0 saturated heterocycles. The molecule has 1 fully saturated rings. The number of hydrogen-bond donors (Lipinski definition) is 3. The Kier molecular flexibility index (Phi) is 9.41. The van der Waals surface area contributed by atoms with Crippen LogP contribution in [0.5, 0.6) is 0 Å². The van der Waals surface area contributed by atoms with Crippen molar-refractivity contribution in [2.45, 2.75) is 65.8 Å². The van der Waals surface area contributed by atoms with Crippen LogP contribution in [-0.4, -0.2) is 42.8 Å². The molecule has 4 N–H and O–H groups in total. The summed E-state index contributed by atoms with van der Waals surface area (Å²) in [5.41, 5.74) is 6.50. The zero-order valence-corrected chi connectivity index (χ0v) is 20.3. The van der Waals surface area contributed by atoms with E-state index in [0.29, 0.717) is 28.4 Å². The molecule has 0 radical (unpaired) electrons. The smallest absolute Gasteiger partial charge is 0.383 e. The molecule has 1 amide bonds. The van der Waals surface area contributed by atoms with Gasteiger partial charge >= 0.3 is 7.82 Å². The van der Waals surface area contributed by atoms with Gasteiger partial charge in [-0.2, -0.15) is 0 Å². The van der Waals surface area contributed by atoms with Crippen molar-refractivity contribution < 1.29 is 28.5 Å². The van der Waals surface area contributed by atoms with Gasteiger partial charge in [0.1, 0.15) is 11.6 Å². The maximum Gasteiger partial charge on any atom is 0.469 e. The summed E-state index contributed by atoms with van der Waals surface area (Å²) in [5, 5.41) is -0.0215. The minimum atomic E-state index is -4.66. The Bertz CT molecular complexity index is 913. The van der Waals surface area contributed by atoms with Gasteiger partial charge in [0, 0.05) is 34.2 Å². The first-order valence-corrected chi connectivity index (χ1v) is 12.7. The summed E-state index contributed by atoms with van der Waals surface area (Å²) < 4.78 is 15.7. The van der Waals surface area contributed by atoms with Gasteiger partial charge in [0.15, 0.2) is 5.12 Å². The number of anilines is 1. The average molecular weight is 487 g/mol. The summed E-state index contributed by atoms with van der Waals surface area (Å²) in [6, 6.07) is 0. The number of nitrogens with two attached hydrogens (primary N) is 1. The Labute approximate surface area is 192 Å². The Morgan fingerprint density at radius 1 is 1.38 bits per heavy atom. The highest BCUT2D eigenvalue weighted by Gasteiger charge is 2.35. The minimum absolute atomic E-state index is 0.0215.